The molecule has 0 saturated carbocycles. The number of methoxy groups -OCH3 is 1. The highest BCUT2D eigenvalue weighted by atomic mass is 16.5. The van der Waals surface area contributed by atoms with Gasteiger partial charge in [-0.3, -0.25) is 25.3 Å². The molecule has 48 heavy (non-hydrogen) atoms. The number of rotatable bonds is 11. The Morgan fingerprint density at radius 1 is 1.12 bits per heavy atom. The predicted octanol–water partition coefficient (Wildman–Crippen LogP) is 3.65. The molecule has 0 aliphatic carbocycles. The molecule has 250 valence electrons. The summed E-state index contributed by atoms with van der Waals surface area (Å²) in [7, 11) is 3.28. The minimum Gasteiger partial charge on any atom is -0.481 e. The number of nitrogens with zero attached hydrogens (tertiary/aromatic N) is 5. The molecule has 0 radical (unpaired) electrons. The first-order chi connectivity index (χ1) is 23.2. The Morgan fingerprint density at radius 2 is 1.90 bits per heavy atom. The van der Waals surface area contributed by atoms with Crippen molar-refractivity contribution in [1.82, 2.24) is 20.1 Å². The van der Waals surface area contributed by atoms with Crippen LogP contribution in [0.4, 0.5) is 11.4 Å². The fraction of sp³-hybridized carbons (Fsp3) is 0.333. The lowest BCUT2D eigenvalue weighted by Gasteiger charge is -2.29. The quantitative estimate of drug-likeness (QED) is 0.140. The molecule has 2 aliphatic rings. The summed E-state index contributed by atoms with van der Waals surface area (Å²) < 4.78 is 5.13. The summed E-state index contributed by atoms with van der Waals surface area (Å²) in [5.74, 6) is 0.481. The minimum atomic E-state index is -0.231. The molecule has 2 aliphatic heterocycles. The molecule has 5 N–H and O–H groups in total. The highest BCUT2D eigenvalue weighted by molar-refractivity contribution is 6.14. The van der Waals surface area contributed by atoms with E-state index in [2.05, 4.69) is 26.3 Å². The largest absolute Gasteiger partial charge is 0.481 e. The number of pyridine rings is 1. The smallest absolute Gasteiger partial charge is 0.237 e. The molecule has 3 heterocycles. The molecule has 1 fully saturated rings. The molecular weight excluding hydrogens is 606 g/mol. The monoisotopic (exact) mass is 649 g/mol. The lowest BCUT2D eigenvalue weighted by atomic mass is 9.98. The summed E-state index contributed by atoms with van der Waals surface area (Å²) >= 11 is 0. The van der Waals surface area contributed by atoms with E-state index >= 15 is 0 Å². The number of hydrogen-bond acceptors (Lipinski definition) is 8. The van der Waals surface area contributed by atoms with Crippen LogP contribution in [0.1, 0.15) is 42.0 Å². The van der Waals surface area contributed by atoms with Crippen LogP contribution in [0.15, 0.2) is 71.9 Å². The molecule has 3 aromatic rings. The summed E-state index contributed by atoms with van der Waals surface area (Å²) in [6, 6.07) is 16.6. The van der Waals surface area contributed by atoms with E-state index in [0.29, 0.717) is 67.5 Å². The Balaban J connectivity index is 1.16. The number of nitrogens with one attached hydrogen (secondary N) is 3. The number of benzene rings is 2. The summed E-state index contributed by atoms with van der Waals surface area (Å²) in [6.07, 6.45) is 6.58. The molecule has 2 aromatic carbocycles. The summed E-state index contributed by atoms with van der Waals surface area (Å²) in [5, 5.41) is 19.6. The first kappa shape index (κ1) is 34.0. The average molecular weight is 650 g/mol. The Morgan fingerprint density at radius 3 is 2.54 bits per heavy atom. The van der Waals surface area contributed by atoms with Gasteiger partial charge in [0.25, 0.3) is 0 Å². The Hall–Kier alpha value is -5.36. The average Bonchev–Trinajstić information content (AvgIpc) is 3.59. The summed E-state index contributed by atoms with van der Waals surface area (Å²) in [5.41, 5.74) is 11.7. The molecule has 0 bridgehead atoms. The first-order valence-corrected chi connectivity index (χ1v) is 16.1. The van der Waals surface area contributed by atoms with Gasteiger partial charge in [0.15, 0.2) is 5.84 Å². The molecule has 5 rings (SSSR count). The number of carbonyl (C=O) groups excluding carboxylic acids is 2. The van der Waals surface area contributed by atoms with Gasteiger partial charge in [-0.1, -0.05) is 30.3 Å². The summed E-state index contributed by atoms with van der Waals surface area (Å²) in [6.45, 7) is 5.05. The number of ether oxygens (including phenoxy) is 1. The van der Waals surface area contributed by atoms with Crippen molar-refractivity contribution in [3.8, 4) is 5.88 Å². The standard InChI is InChI=1S/C36H43N9O3/c1-4-45(29-10-11-31(37)30(19-29)34(38)27-9-12-32(48-3)41-20-27)36(47)28-13-16-43(21-28)22-33(46)44-17-14-25(15-18-44)24-5-7-26(8-6-24)35(39)42-23-40-2/h5-12,14,19-20,23,28,38H,4,13,15-18,21-22,37H2,1-3H3,(H2,39,40,42)/t28-/m1/s1. The van der Waals surface area contributed by atoms with E-state index in [1.165, 1.54) is 19.0 Å². The number of anilines is 2. The Bertz CT molecular complexity index is 1720. The normalized spacial score (nSPS) is 16.4. The second-order valence-corrected chi connectivity index (χ2v) is 11.8. The van der Waals surface area contributed by atoms with Crippen LogP contribution >= 0.6 is 0 Å². The number of nitrogen functional groups attached to an aromatic ring is 1. The van der Waals surface area contributed by atoms with Crippen LogP contribution in [-0.2, 0) is 9.59 Å². The van der Waals surface area contributed by atoms with Gasteiger partial charge in [-0.15, -0.1) is 0 Å². The maximum Gasteiger partial charge on any atom is 0.237 e. The van der Waals surface area contributed by atoms with E-state index in [-0.39, 0.29) is 35.8 Å². The minimum absolute atomic E-state index is 0.00125. The van der Waals surface area contributed by atoms with Crippen LogP contribution in [0.5, 0.6) is 5.88 Å². The first-order valence-electron chi connectivity index (χ1n) is 16.1. The van der Waals surface area contributed by atoms with E-state index in [1.54, 1.807) is 42.4 Å². The van der Waals surface area contributed by atoms with Gasteiger partial charge in [0.05, 0.1) is 31.6 Å². The molecule has 0 unspecified atom stereocenters. The van der Waals surface area contributed by atoms with E-state index in [0.717, 1.165) is 17.5 Å². The zero-order chi connectivity index (χ0) is 34.2. The van der Waals surface area contributed by atoms with Crippen molar-refractivity contribution in [2.24, 2.45) is 10.9 Å². The van der Waals surface area contributed by atoms with Crippen molar-refractivity contribution >= 4 is 46.6 Å². The molecule has 2 amide bonds. The van der Waals surface area contributed by atoms with E-state index in [1.807, 2.05) is 42.2 Å². The Labute approximate surface area is 281 Å². The van der Waals surface area contributed by atoms with Crippen LogP contribution in [-0.4, -0.2) is 97.9 Å². The van der Waals surface area contributed by atoms with Crippen molar-refractivity contribution in [2.45, 2.75) is 19.8 Å². The molecule has 1 saturated heterocycles. The van der Waals surface area contributed by atoms with Crippen molar-refractivity contribution in [1.29, 1.82) is 10.8 Å². The summed E-state index contributed by atoms with van der Waals surface area (Å²) in [4.78, 5) is 40.9. The van der Waals surface area contributed by atoms with Gasteiger partial charge in [0.1, 0.15) is 0 Å². The van der Waals surface area contributed by atoms with Gasteiger partial charge in [0.2, 0.25) is 17.7 Å². The third-order valence-electron chi connectivity index (χ3n) is 8.83. The number of likely N-dealkylation sites (tertiary alicyclic amines) is 1. The van der Waals surface area contributed by atoms with Gasteiger partial charge in [-0.05, 0) is 61.7 Å². The van der Waals surface area contributed by atoms with Crippen molar-refractivity contribution in [3.05, 3.63) is 89.1 Å². The van der Waals surface area contributed by atoms with E-state index in [4.69, 9.17) is 21.3 Å². The lowest BCUT2D eigenvalue weighted by molar-refractivity contribution is -0.132. The highest BCUT2D eigenvalue weighted by Crippen LogP contribution is 2.28. The van der Waals surface area contributed by atoms with Crippen LogP contribution < -0.4 is 20.7 Å². The maximum absolute atomic E-state index is 13.8. The molecule has 0 spiro atoms. The second-order valence-electron chi connectivity index (χ2n) is 11.8. The lowest BCUT2D eigenvalue weighted by Crippen LogP contribution is -2.42. The van der Waals surface area contributed by atoms with Gasteiger partial charge in [-0.25, -0.2) is 9.98 Å². The molecule has 12 nitrogen and oxygen atoms in total. The third-order valence-corrected chi connectivity index (χ3v) is 8.83. The fourth-order valence-electron chi connectivity index (χ4n) is 6.09. The number of aromatic nitrogens is 1. The number of amides is 2. The Kier molecular flexibility index (Phi) is 11.0. The van der Waals surface area contributed by atoms with Crippen molar-refractivity contribution in [2.75, 3.05) is 64.1 Å². The molecule has 1 atom stereocenters. The molecule has 12 heteroatoms. The van der Waals surface area contributed by atoms with Crippen LogP contribution in [0, 0.1) is 16.7 Å². The zero-order valence-corrected chi connectivity index (χ0v) is 27.7. The van der Waals surface area contributed by atoms with Crippen molar-refractivity contribution < 1.29 is 14.3 Å². The second kappa shape index (κ2) is 15.5. The van der Waals surface area contributed by atoms with Gasteiger partial charge in [-0.2, -0.15) is 0 Å². The van der Waals surface area contributed by atoms with Crippen LogP contribution in [0.3, 0.4) is 0 Å². The van der Waals surface area contributed by atoms with Gasteiger partial charge >= 0.3 is 0 Å². The SMILES string of the molecule is CCN(C(=O)[C@@H]1CCN(CC(=O)N2CC=C(c3ccc(C(=N)/N=C\NC)cc3)CC2)C1)c1ccc(N)c(C(=N)c2ccc(OC)nc2)c1. The van der Waals surface area contributed by atoms with Crippen LogP contribution in [0.25, 0.3) is 5.57 Å². The van der Waals surface area contributed by atoms with E-state index in [9.17, 15) is 9.59 Å². The van der Waals surface area contributed by atoms with Crippen LogP contribution in [0.2, 0.25) is 0 Å². The number of amidine groups is 1. The van der Waals surface area contributed by atoms with Gasteiger partial charge in [0, 0.05) is 73.6 Å². The maximum atomic E-state index is 13.8. The number of carbonyl (C=O) groups is 2. The fourth-order valence-corrected chi connectivity index (χ4v) is 6.09. The zero-order valence-electron chi connectivity index (χ0n) is 27.7. The topological polar surface area (TPSA) is 164 Å². The number of nitrogens with two attached hydrogens (primary N) is 1. The molecular formula is C36H43N9O3. The van der Waals surface area contributed by atoms with Gasteiger partial charge < -0.3 is 25.6 Å². The highest BCUT2D eigenvalue weighted by Gasteiger charge is 2.33. The number of hydrogen-bond donors (Lipinski definition) is 4. The van der Waals surface area contributed by atoms with E-state index < -0.39 is 0 Å². The molecule has 1 aromatic heterocycles. The predicted molar refractivity (Wildman–Crippen MR) is 190 cm³/mol. The third kappa shape index (κ3) is 7.77. The number of aliphatic imine (C=N–C) groups is 1. The van der Waals surface area contributed by atoms with Crippen molar-refractivity contribution in [3.63, 3.8) is 0 Å².